The van der Waals surface area contributed by atoms with Crippen molar-refractivity contribution in [3.63, 3.8) is 0 Å². The van der Waals surface area contributed by atoms with Crippen LogP contribution in [0, 0.1) is 0 Å². The summed E-state index contributed by atoms with van der Waals surface area (Å²) in [5.41, 5.74) is 0.406. The fourth-order valence-electron chi connectivity index (χ4n) is 2.18. The largest absolute Gasteiger partial charge is 0.435 e. The standard InChI is InChI=1S/C14H17NO4/c1-10(16)15-9-5-8-12(17)13(15)19-14(18)11-6-3-2-4-7-11/h2-4,6-7,12-13,17H,5,8-9H2,1H3. The number of aliphatic hydroxyl groups excluding tert-OH is 1. The lowest BCUT2D eigenvalue weighted by atomic mass is 10.1. The molecule has 1 aromatic rings. The van der Waals surface area contributed by atoms with E-state index in [2.05, 4.69) is 0 Å². The van der Waals surface area contributed by atoms with Gasteiger partial charge >= 0.3 is 5.97 Å². The fourth-order valence-corrected chi connectivity index (χ4v) is 2.18. The summed E-state index contributed by atoms with van der Waals surface area (Å²) >= 11 is 0. The van der Waals surface area contributed by atoms with Crippen molar-refractivity contribution in [1.29, 1.82) is 0 Å². The molecule has 0 aromatic heterocycles. The van der Waals surface area contributed by atoms with Gasteiger partial charge in [-0.3, -0.25) is 4.79 Å². The van der Waals surface area contributed by atoms with Gasteiger partial charge in [-0.25, -0.2) is 4.79 Å². The molecule has 1 saturated heterocycles. The van der Waals surface area contributed by atoms with Gasteiger partial charge in [0, 0.05) is 13.5 Å². The lowest BCUT2D eigenvalue weighted by molar-refractivity contribution is -0.156. The van der Waals surface area contributed by atoms with Crippen molar-refractivity contribution < 1.29 is 19.4 Å². The molecule has 1 fully saturated rings. The number of aliphatic hydroxyl groups is 1. The Hall–Kier alpha value is -1.88. The highest BCUT2D eigenvalue weighted by Gasteiger charge is 2.34. The Morgan fingerprint density at radius 1 is 1.32 bits per heavy atom. The SMILES string of the molecule is CC(=O)N1CCCC(O)C1OC(=O)c1ccccc1. The van der Waals surface area contributed by atoms with Gasteiger partial charge < -0.3 is 14.7 Å². The molecule has 19 heavy (non-hydrogen) atoms. The Labute approximate surface area is 111 Å². The molecule has 0 saturated carbocycles. The molecule has 5 heteroatoms. The average Bonchev–Trinajstić information content (AvgIpc) is 2.41. The predicted molar refractivity (Wildman–Crippen MR) is 68.3 cm³/mol. The Bertz CT molecular complexity index is 460. The maximum absolute atomic E-state index is 12.0. The number of benzene rings is 1. The van der Waals surface area contributed by atoms with Crippen LogP contribution >= 0.6 is 0 Å². The lowest BCUT2D eigenvalue weighted by Crippen LogP contribution is -2.52. The van der Waals surface area contributed by atoms with E-state index in [1.165, 1.54) is 11.8 Å². The van der Waals surface area contributed by atoms with E-state index < -0.39 is 18.3 Å². The summed E-state index contributed by atoms with van der Waals surface area (Å²) in [5.74, 6) is -0.734. The first-order valence-corrected chi connectivity index (χ1v) is 6.31. The summed E-state index contributed by atoms with van der Waals surface area (Å²) in [7, 11) is 0. The van der Waals surface area contributed by atoms with Gasteiger partial charge in [-0.05, 0) is 25.0 Å². The first-order chi connectivity index (χ1) is 9.09. The normalized spacial score (nSPS) is 22.9. The molecule has 1 aliphatic heterocycles. The van der Waals surface area contributed by atoms with Crippen LogP contribution in [0.3, 0.4) is 0 Å². The van der Waals surface area contributed by atoms with Crippen LogP contribution in [-0.4, -0.2) is 40.8 Å². The molecule has 1 heterocycles. The van der Waals surface area contributed by atoms with E-state index in [1.807, 2.05) is 0 Å². The third-order valence-corrected chi connectivity index (χ3v) is 3.18. The number of ether oxygens (including phenoxy) is 1. The summed E-state index contributed by atoms with van der Waals surface area (Å²) in [6.07, 6.45) is -0.485. The molecule has 2 rings (SSSR count). The van der Waals surface area contributed by atoms with Crippen molar-refractivity contribution in [1.82, 2.24) is 4.90 Å². The molecule has 0 bridgehead atoms. The maximum atomic E-state index is 12.0. The number of rotatable bonds is 2. The number of likely N-dealkylation sites (tertiary alicyclic amines) is 1. The van der Waals surface area contributed by atoms with E-state index in [9.17, 15) is 14.7 Å². The van der Waals surface area contributed by atoms with E-state index in [4.69, 9.17) is 4.74 Å². The Morgan fingerprint density at radius 2 is 2.00 bits per heavy atom. The Kier molecular flexibility index (Phi) is 4.16. The molecule has 1 aliphatic rings. The Morgan fingerprint density at radius 3 is 2.63 bits per heavy atom. The van der Waals surface area contributed by atoms with Gasteiger partial charge in [-0.1, -0.05) is 18.2 Å². The zero-order chi connectivity index (χ0) is 13.8. The smallest absolute Gasteiger partial charge is 0.340 e. The second-order valence-corrected chi connectivity index (χ2v) is 4.58. The second kappa shape index (κ2) is 5.84. The van der Waals surface area contributed by atoms with Gasteiger partial charge in [0.1, 0.15) is 6.10 Å². The molecule has 2 atom stereocenters. The molecule has 1 N–H and O–H groups in total. The van der Waals surface area contributed by atoms with Crippen LogP contribution in [0.2, 0.25) is 0 Å². The lowest BCUT2D eigenvalue weighted by Gasteiger charge is -2.37. The van der Waals surface area contributed by atoms with Crippen molar-refractivity contribution in [3.05, 3.63) is 35.9 Å². The minimum absolute atomic E-state index is 0.204. The summed E-state index contributed by atoms with van der Waals surface area (Å²) in [5, 5.41) is 9.91. The maximum Gasteiger partial charge on any atom is 0.340 e. The van der Waals surface area contributed by atoms with Gasteiger partial charge in [-0.2, -0.15) is 0 Å². The number of hydrogen-bond acceptors (Lipinski definition) is 4. The number of nitrogens with zero attached hydrogens (tertiary/aromatic N) is 1. The Balaban J connectivity index is 2.11. The summed E-state index contributed by atoms with van der Waals surface area (Å²) in [6, 6.07) is 8.53. The van der Waals surface area contributed by atoms with E-state index in [0.717, 1.165) is 0 Å². The van der Waals surface area contributed by atoms with Gasteiger partial charge in [0.05, 0.1) is 5.56 Å². The summed E-state index contributed by atoms with van der Waals surface area (Å²) < 4.78 is 5.28. The molecular formula is C14H17NO4. The zero-order valence-corrected chi connectivity index (χ0v) is 10.8. The fraction of sp³-hybridized carbons (Fsp3) is 0.429. The van der Waals surface area contributed by atoms with Crippen LogP contribution < -0.4 is 0 Å². The molecule has 2 unspecified atom stereocenters. The minimum Gasteiger partial charge on any atom is -0.435 e. The average molecular weight is 263 g/mol. The number of esters is 1. The van der Waals surface area contributed by atoms with Crippen LogP contribution in [0.5, 0.6) is 0 Å². The van der Waals surface area contributed by atoms with Crippen molar-refractivity contribution in [2.24, 2.45) is 0 Å². The molecule has 102 valence electrons. The van der Waals surface area contributed by atoms with Crippen LogP contribution in [0.25, 0.3) is 0 Å². The van der Waals surface area contributed by atoms with Crippen LogP contribution in [0.15, 0.2) is 30.3 Å². The molecule has 0 aliphatic carbocycles. The highest BCUT2D eigenvalue weighted by atomic mass is 16.6. The molecule has 0 spiro atoms. The monoisotopic (exact) mass is 263 g/mol. The molecule has 5 nitrogen and oxygen atoms in total. The zero-order valence-electron chi connectivity index (χ0n) is 10.8. The molecule has 1 amide bonds. The van der Waals surface area contributed by atoms with E-state index in [-0.39, 0.29) is 5.91 Å². The van der Waals surface area contributed by atoms with Crippen LogP contribution in [0.1, 0.15) is 30.1 Å². The highest BCUT2D eigenvalue weighted by Crippen LogP contribution is 2.20. The number of amides is 1. The topological polar surface area (TPSA) is 66.8 Å². The highest BCUT2D eigenvalue weighted by molar-refractivity contribution is 5.89. The molecule has 0 radical (unpaired) electrons. The summed E-state index contributed by atoms with van der Waals surface area (Å²) in [6.45, 7) is 1.90. The number of carbonyl (C=O) groups is 2. The van der Waals surface area contributed by atoms with Crippen LogP contribution in [0.4, 0.5) is 0 Å². The van der Waals surface area contributed by atoms with E-state index in [0.29, 0.717) is 24.9 Å². The first-order valence-electron chi connectivity index (χ1n) is 6.31. The predicted octanol–water partition coefficient (Wildman–Crippen LogP) is 1.17. The van der Waals surface area contributed by atoms with Crippen LogP contribution in [-0.2, 0) is 9.53 Å². The van der Waals surface area contributed by atoms with Crippen molar-refractivity contribution in [2.45, 2.75) is 32.1 Å². The van der Waals surface area contributed by atoms with Gasteiger partial charge in [0.15, 0.2) is 0 Å². The number of piperidine rings is 1. The minimum atomic E-state index is -0.890. The van der Waals surface area contributed by atoms with Crippen molar-refractivity contribution in [2.75, 3.05) is 6.54 Å². The number of carbonyl (C=O) groups excluding carboxylic acids is 2. The van der Waals surface area contributed by atoms with E-state index >= 15 is 0 Å². The summed E-state index contributed by atoms with van der Waals surface area (Å²) in [4.78, 5) is 24.8. The third kappa shape index (κ3) is 3.12. The quantitative estimate of drug-likeness (QED) is 0.813. The third-order valence-electron chi connectivity index (χ3n) is 3.18. The molecule has 1 aromatic carbocycles. The van der Waals surface area contributed by atoms with Crippen molar-refractivity contribution in [3.8, 4) is 0 Å². The first kappa shape index (κ1) is 13.5. The van der Waals surface area contributed by atoms with Crippen molar-refractivity contribution >= 4 is 11.9 Å². The van der Waals surface area contributed by atoms with E-state index in [1.54, 1.807) is 30.3 Å². The van der Waals surface area contributed by atoms with Gasteiger partial charge in [0.25, 0.3) is 0 Å². The molecular weight excluding hydrogens is 246 g/mol. The van der Waals surface area contributed by atoms with Gasteiger partial charge in [-0.15, -0.1) is 0 Å². The van der Waals surface area contributed by atoms with Gasteiger partial charge in [0.2, 0.25) is 12.1 Å². The number of hydrogen-bond donors (Lipinski definition) is 1. The second-order valence-electron chi connectivity index (χ2n) is 4.58.